The molecule has 1 rings (SSSR count). The lowest BCUT2D eigenvalue weighted by Gasteiger charge is -2.04. The van der Waals surface area contributed by atoms with Crippen molar-refractivity contribution in [2.75, 3.05) is 12.3 Å². The van der Waals surface area contributed by atoms with Crippen LogP contribution in [0.5, 0.6) is 0 Å². The molecule has 3 heteroatoms. The van der Waals surface area contributed by atoms with Gasteiger partial charge < -0.3 is 0 Å². The van der Waals surface area contributed by atoms with Crippen LogP contribution < -0.4 is 4.72 Å². The lowest BCUT2D eigenvalue weighted by Crippen LogP contribution is -2.22. The second-order valence-corrected chi connectivity index (χ2v) is 5.07. The monoisotopic (exact) mass is 225 g/mol. The second-order valence-electron chi connectivity index (χ2n) is 3.68. The third-order valence-electron chi connectivity index (χ3n) is 2.19. The fourth-order valence-corrected chi connectivity index (χ4v) is 2.17. The highest BCUT2D eigenvalue weighted by Gasteiger charge is 1.97. The van der Waals surface area contributed by atoms with Gasteiger partial charge in [0.25, 0.3) is 0 Å². The predicted octanol–water partition coefficient (Wildman–Crippen LogP) is 2.20. The topological polar surface area (TPSA) is 29.1 Å². The Balaban J connectivity index is 2.26. The number of benzene rings is 1. The summed E-state index contributed by atoms with van der Waals surface area (Å²) in [6.45, 7) is 4.91. The van der Waals surface area contributed by atoms with Crippen LogP contribution in [0.3, 0.4) is 0 Å². The van der Waals surface area contributed by atoms with Crippen molar-refractivity contribution >= 4 is 11.0 Å². The third kappa shape index (κ3) is 5.09. The molecule has 0 saturated carbocycles. The molecule has 0 aromatic heterocycles. The SMILES string of the molecule is CCCS(=O)NCCc1ccc(C)cc1. The average Bonchev–Trinajstić information content (AvgIpc) is 2.21. The number of nitrogens with one attached hydrogen (secondary N) is 1. The lowest BCUT2D eigenvalue weighted by atomic mass is 10.1. The molecular formula is C12H19NOS. The molecule has 1 aromatic carbocycles. The molecule has 0 spiro atoms. The van der Waals surface area contributed by atoms with Gasteiger partial charge in [0.15, 0.2) is 0 Å². The van der Waals surface area contributed by atoms with Crippen LogP contribution in [-0.4, -0.2) is 16.5 Å². The van der Waals surface area contributed by atoms with Gasteiger partial charge in [-0.05, 0) is 25.3 Å². The molecule has 1 unspecified atom stereocenters. The minimum Gasteiger partial charge on any atom is -0.243 e. The Labute approximate surface area is 94.7 Å². The molecule has 15 heavy (non-hydrogen) atoms. The highest BCUT2D eigenvalue weighted by molar-refractivity contribution is 7.82. The fourth-order valence-electron chi connectivity index (χ4n) is 1.32. The van der Waals surface area contributed by atoms with E-state index >= 15 is 0 Å². The van der Waals surface area contributed by atoms with Crippen molar-refractivity contribution in [1.82, 2.24) is 4.72 Å². The number of hydrogen-bond donors (Lipinski definition) is 1. The molecule has 0 aliphatic rings. The molecule has 84 valence electrons. The summed E-state index contributed by atoms with van der Waals surface area (Å²) in [5.41, 5.74) is 2.57. The predicted molar refractivity (Wildman–Crippen MR) is 66.2 cm³/mol. The van der Waals surface area contributed by atoms with Crippen LogP contribution >= 0.6 is 0 Å². The standard InChI is InChI=1S/C12H19NOS/c1-3-10-15(14)13-9-8-12-6-4-11(2)5-7-12/h4-7,13H,3,8-10H2,1-2H3. The van der Waals surface area contributed by atoms with Crippen molar-refractivity contribution in [3.63, 3.8) is 0 Å². The first-order valence-electron chi connectivity index (χ1n) is 5.40. The molecule has 0 fully saturated rings. The Morgan fingerprint density at radius 3 is 2.53 bits per heavy atom. The zero-order chi connectivity index (χ0) is 11.1. The zero-order valence-corrected chi connectivity index (χ0v) is 10.3. The van der Waals surface area contributed by atoms with Crippen molar-refractivity contribution < 1.29 is 4.21 Å². The van der Waals surface area contributed by atoms with E-state index < -0.39 is 11.0 Å². The molecule has 0 heterocycles. The minimum atomic E-state index is -0.848. The van der Waals surface area contributed by atoms with Crippen LogP contribution in [-0.2, 0) is 17.4 Å². The van der Waals surface area contributed by atoms with E-state index in [-0.39, 0.29) is 0 Å². The molecule has 1 N–H and O–H groups in total. The van der Waals surface area contributed by atoms with Gasteiger partial charge in [-0.15, -0.1) is 0 Å². The molecule has 2 nitrogen and oxygen atoms in total. The van der Waals surface area contributed by atoms with E-state index in [2.05, 4.69) is 35.9 Å². The fraction of sp³-hybridized carbons (Fsp3) is 0.500. The van der Waals surface area contributed by atoms with Gasteiger partial charge in [-0.2, -0.15) is 0 Å². The van der Waals surface area contributed by atoms with E-state index in [9.17, 15) is 4.21 Å². The maximum atomic E-state index is 11.3. The van der Waals surface area contributed by atoms with Gasteiger partial charge in [0.05, 0.1) is 11.0 Å². The van der Waals surface area contributed by atoms with Crippen molar-refractivity contribution in [1.29, 1.82) is 0 Å². The lowest BCUT2D eigenvalue weighted by molar-refractivity contribution is 0.670. The highest BCUT2D eigenvalue weighted by Crippen LogP contribution is 2.03. The Hall–Kier alpha value is -0.670. The highest BCUT2D eigenvalue weighted by atomic mass is 32.2. The molecule has 0 aliphatic carbocycles. The van der Waals surface area contributed by atoms with Crippen LogP contribution in [0.4, 0.5) is 0 Å². The van der Waals surface area contributed by atoms with E-state index in [0.717, 1.165) is 25.1 Å². The first-order chi connectivity index (χ1) is 7.22. The van der Waals surface area contributed by atoms with Gasteiger partial charge in [0.1, 0.15) is 0 Å². The summed E-state index contributed by atoms with van der Waals surface area (Å²) in [5.74, 6) is 0.744. The van der Waals surface area contributed by atoms with Crippen molar-refractivity contribution in [3.05, 3.63) is 35.4 Å². The summed E-state index contributed by atoms with van der Waals surface area (Å²) in [4.78, 5) is 0. The van der Waals surface area contributed by atoms with E-state index in [4.69, 9.17) is 0 Å². The average molecular weight is 225 g/mol. The Morgan fingerprint density at radius 1 is 1.27 bits per heavy atom. The number of aryl methyl sites for hydroxylation is 1. The molecule has 0 amide bonds. The maximum Gasteiger partial charge on any atom is 0.0915 e. The van der Waals surface area contributed by atoms with Gasteiger partial charge in [-0.1, -0.05) is 36.8 Å². The maximum absolute atomic E-state index is 11.3. The van der Waals surface area contributed by atoms with Crippen molar-refractivity contribution in [2.24, 2.45) is 0 Å². The van der Waals surface area contributed by atoms with E-state index in [1.165, 1.54) is 11.1 Å². The van der Waals surface area contributed by atoms with Gasteiger partial charge >= 0.3 is 0 Å². The Kier molecular flexibility index (Phi) is 5.58. The summed E-state index contributed by atoms with van der Waals surface area (Å²) >= 11 is 0. The molecule has 1 atom stereocenters. The van der Waals surface area contributed by atoms with Crippen LogP contribution in [0.25, 0.3) is 0 Å². The summed E-state index contributed by atoms with van der Waals surface area (Å²) in [5, 5.41) is 0. The van der Waals surface area contributed by atoms with Gasteiger partial charge in [0.2, 0.25) is 0 Å². The van der Waals surface area contributed by atoms with Crippen LogP contribution in [0.15, 0.2) is 24.3 Å². The summed E-state index contributed by atoms with van der Waals surface area (Å²) in [6, 6.07) is 8.47. The van der Waals surface area contributed by atoms with Gasteiger partial charge in [0, 0.05) is 12.3 Å². The Bertz CT molecular complexity index is 308. The van der Waals surface area contributed by atoms with Crippen molar-refractivity contribution in [3.8, 4) is 0 Å². The molecule has 0 aliphatic heterocycles. The van der Waals surface area contributed by atoms with Crippen molar-refractivity contribution in [2.45, 2.75) is 26.7 Å². The quantitative estimate of drug-likeness (QED) is 0.790. The van der Waals surface area contributed by atoms with E-state index in [0.29, 0.717) is 0 Å². The molecular weight excluding hydrogens is 206 g/mol. The summed E-state index contributed by atoms with van der Waals surface area (Å²) in [7, 11) is -0.848. The molecule has 0 saturated heterocycles. The van der Waals surface area contributed by atoms with Gasteiger partial charge in [-0.25, -0.2) is 8.93 Å². The second kappa shape index (κ2) is 6.75. The van der Waals surface area contributed by atoms with Crippen LogP contribution in [0.2, 0.25) is 0 Å². The largest absolute Gasteiger partial charge is 0.243 e. The number of rotatable bonds is 6. The normalized spacial score (nSPS) is 12.7. The zero-order valence-electron chi connectivity index (χ0n) is 9.45. The molecule has 1 aromatic rings. The van der Waals surface area contributed by atoms with E-state index in [1.807, 2.05) is 6.92 Å². The smallest absolute Gasteiger partial charge is 0.0915 e. The van der Waals surface area contributed by atoms with Gasteiger partial charge in [-0.3, -0.25) is 0 Å². The summed E-state index contributed by atoms with van der Waals surface area (Å²) < 4.78 is 14.3. The number of hydrogen-bond acceptors (Lipinski definition) is 1. The first kappa shape index (κ1) is 12.4. The first-order valence-corrected chi connectivity index (χ1v) is 6.71. The third-order valence-corrected chi connectivity index (χ3v) is 3.49. The van der Waals surface area contributed by atoms with Crippen LogP contribution in [0.1, 0.15) is 24.5 Å². The summed E-state index contributed by atoms with van der Waals surface area (Å²) in [6.07, 6.45) is 1.90. The molecule has 0 radical (unpaired) electrons. The van der Waals surface area contributed by atoms with E-state index in [1.54, 1.807) is 0 Å². The Morgan fingerprint density at radius 2 is 1.93 bits per heavy atom. The minimum absolute atomic E-state index is 0.744. The molecule has 0 bridgehead atoms. The van der Waals surface area contributed by atoms with Crippen LogP contribution in [0, 0.1) is 6.92 Å².